The summed E-state index contributed by atoms with van der Waals surface area (Å²) in [5.74, 6) is 3.86. The maximum atomic E-state index is 11.6. The number of carbonyl (C=O) groups is 1. The molecule has 0 spiro atoms. The first-order chi connectivity index (χ1) is 8.22. The summed E-state index contributed by atoms with van der Waals surface area (Å²) in [6.45, 7) is 5.61. The molecule has 1 fully saturated rings. The van der Waals surface area contributed by atoms with Gasteiger partial charge in [0.05, 0.1) is 6.54 Å². The second kappa shape index (κ2) is 9.11. The topological polar surface area (TPSA) is 41.1 Å². The zero-order valence-corrected chi connectivity index (χ0v) is 12.5. The van der Waals surface area contributed by atoms with Gasteiger partial charge in [-0.2, -0.15) is 23.5 Å². The number of hydrogen-bond acceptors (Lipinski definition) is 4. The minimum atomic E-state index is 0.124. The van der Waals surface area contributed by atoms with E-state index >= 15 is 0 Å². The molecule has 5 heteroatoms. The molecule has 0 aliphatic carbocycles. The van der Waals surface area contributed by atoms with E-state index in [1.807, 2.05) is 23.5 Å². The summed E-state index contributed by atoms with van der Waals surface area (Å²) in [6.07, 6.45) is 2.17. The largest absolute Gasteiger partial charge is 0.353 e. The lowest BCUT2D eigenvalue weighted by Crippen LogP contribution is -2.41. The molecule has 0 saturated carbocycles. The Labute approximate surface area is 113 Å². The predicted octanol–water partition coefficient (Wildman–Crippen LogP) is 1.73. The maximum Gasteiger partial charge on any atom is 0.234 e. The lowest BCUT2D eigenvalue weighted by atomic mass is 10.2. The van der Waals surface area contributed by atoms with Crippen LogP contribution in [0, 0.1) is 0 Å². The van der Waals surface area contributed by atoms with Gasteiger partial charge < -0.3 is 10.6 Å². The molecule has 3 nitrogen and oxygen atoms in total. The van der Waals surface area contributed by atoms with Crippen molar-refractivity contribution in [2.45, 2.75) is 38.0 Å². The van der Waals surface area contributed by atoms with Crippen LogP contribution in [-0.4, -0.2) is 47.5 Å². The lowest BCUT2D eigenvalue weighted by molar-refractivity contribution is -0.120. The Hall–Kier alpha value is 0.130. The van der Waals surface area contributed by atoms with Gasteiger partial charge in [0.25, 0.3) is 0 Å². The van der Waals surface area contributed by atoms with Crippen molar-refractivity contribution in [1.29, 1.82) is 0 Å². The molecule has 0 radical (unpaired) electrons. The quantitative estimate of drug-likeness (QED) is 0.743. The van der Waals surface area contributed by atoms with Crippen molar-refractivity contribution in [2.24, 2.45) is 0 Å². The van der Waals surface area contributed by atoms with Crippen LogP contribution in [0.3, 0.4) is 0 Å². The van der Waals surface area contributed by atoms with Crippen LogP contribution < -0.4 is 10.6 Å². The summed E-state index contributed by atoms with van der Waals surface area (Å²) in [5, 5.41) is 6.94. The average Bonchev–Trinajstić information content (AvgIpc) is 2.30. The van der Waals surface area contributed by atoms with Gasteiger partial charge in [-0.1, -0.05) is 13.3 Å². The molecule has 17 heavy (non-hydrogen) atoms. The first-order valence-corrected chi connectivity index (χ1v) is 8.62. The van der Waals surface area contributed by atoms with Crippen molar-refractivity contribution in [1.82, 2.24) is 10.6 Å². The van der Waals surface area contributed by atoms with Gasteiger partial charge in [-0.05, 0) is 13.3 Å². The average molecular weight is 276 g/mol. The van der Waals surface area contributed by atoms with Crippen LogP contribution in [0.15, 0.2) is 0 Å². The minimum absolute atomic E-state index is 0.124. The van der Waals surface area contributed by atoms with Crippen LogP contribution in [0.4, 0.5) is 0 Å². The molecular weight excluding hydrogens is 252 g/mol. The number of thioether (sulfide) groups is 2. The van der Waals surface area contributed by atoms with E-state index in [9.17, 15) is 4.79 Å². The van der Waals surface area contributed by atoms with Crippen LogP contribution in [0.5, 0.6) is 0 Å². The summed E-state index contributed by atoms with van der Waals surface area (Å²) in [7, 11) is 0. The molecule has 0 aromatic heterocycles. The van der Waals surface area contributed by atoms with Crippen molar-refractivity contribution in [2.75, 3.05) is 30.3 Å². The normalized spacial score (nSPS) is 22.1. The first kappa shape index (κ1) is 15.2. The van der Waals surface area contributed by atoms with Gasteiger partial charge in [0, 0.05) is 35.1 Å². The zero-order chi connectivity index (χ0) is 12.5. The molecule has 1 rings (SSSR count). The van der Waals surface area contributed by atoms with E-state index in [4.69, 9.17) is 0 Å². The van der Waals surface area contributed by atoms with Gasteiger partial charge >= 0.3 is 0 Å². The Bertz CT molecular complexity index is 221. The van der Waals surface area contributed by atoms with Gasteiger partial charge in [0.15, 0.2) is 0 Å². The summed E-state index contributed by atoms with van der Waals surface area (Å²) >= 11 is 4.04. The van der Waals surface area contributed by atoms with E-state index in [-0.39, 0.29) is 5.91 Å². The minimum Gasteiger partial charge on any atom is -0.353 e. The zero-order valence-electron chi connectivity index (χ0n) is 10.8. The molecule has 0 bridgehead atoms. The van der Waals surface area contributed by atoms with Crippen molar-refractivity contribution >= 4 is 29.4 Å². The fraction of sp³-hybridized carbons (Fsp3) is 0.917. The van der Waals surface area contributed by atoms with Crippen LogP contribution in [-0.2, 0) is 4.79 Å². The van der Waals surface area contributed by atoms with Crippen molar-refractivity contribution in [3.05, 3.63) is 0 Å². The number of carbonyl (C=O) groups excluding carboxylic acids is 1. The summed E-state index contributed by atoms with van der Waals surface area (Å²) in [5.41, 5.74) is 0. The maximum absolute atomic E-state index is 11.6. The van der Waals surface area contributed by atoms with Gasteiger partial charge in [-0.3, -0.25) is 4.79 Å². The highest BCUT2D eigenvalue weighted by molar-refractivity contribution is 8.06. The molecule has 1 amide bonds. The molecule has 0 aromatic carbocycles. The Balaban J connectivity index is 2.03. The molecule has 2 atom stereocenters. The number of hydrogen-bond donors (Lipinski definition) is 2. The fourth-order valence-corrected chi connectivity index (χ4v) is 4.48. The molecule has 1 heterocycles. The van der Waals surface area contributed by atoms with Crippen molar-refractivity contribution < 1.29 is 4.79 Å². The van der Waals surface area contributed by atoms with E-state index in [1.165, 1.54) is 17.3 Å². The molecule has 1 saturated heterocycles. The third-order valence-electron chi connectivity index (χ3n) is 2.67. The summed E-state index contributed by atoms with van der Waals surface area (Å²) in [6, 6.07) is 0.300. The Morgan fingerprint density at radius 3 is 2.94 bits per heavy atom. The second-order valence-electron chi connectivity index (χ2n) is 4.46. The second-order valence-corrected chi connectivity index (χ2v) is 7.01. The van der Waals surface area contributed by atoms with Gasteiger partial charge in [0.1, 0.15) is 0 Å². The third kappa shape index (κ3) is 7.21. The van der Waals surface area contributed by atoms with Gasteiger partial charge in [-0.15, -0.1) is 0 Å². The number of nitrogens with one attached hydrogen (secondary N) is 2. The third-order valence-corrected chi connectivity index (χ3v) is 5.52. The Morgan fingerprint density at radius 2 is 2.29 bits per heavy atom. The highest BCUT2D eigenvalue weighted by atomic mass is 32.2. The SMILES string of the molecule is CCCC(C)NC(=O)CNCC1CSCCS1. The summed E-state index contributed by atoms with van der Waals surface area (Å²) < 4.78 is 0. The lowest BCUT2D eigenvalue weighted by Gasteiger charge is -2.21. The molecule has 2 unspecified atom stereocenters. The molecule has 100 valence electrons. The molecule has 0 aromatic rings. The van der Waals surface area contributed by atoms with Crippen LogP contribution in [0.25, 0.3) is 0 Å². The summed E-state index contributed by atoms with van der Waals surface area (Å²) in [4.78, 5) is 11.6. The molecule has 1 aliphatic rings. The Kier molecular flexibility index (Phi) is 8.14. The molecular formula is C12H24N2OS2. The van der Waals surface area contributed by atoms with Crippen LogP contribution in [0.1, 0.15) is 26.7 Å². The monoisotopic (exact) mass is 276 g/mol. The number of amides is 1. The number of rotatable bonds is 7. The Morgan fingerprint density at radius 1 is 1.47 bits per heavy atom. The first-order valence-electron chi connectivity index (χ1n) is 6.41. The van der Waals surface area contributed by atoms with E-state index in [1.54, 1.807) is 0 Å². The van der Waals surface area contributed by atoms with Crippen LogP contribution in [0.2, 0.25) is 0 Å². The standard InChI is InChI=1S/C12H24N2OS2/c1-3-4-10(2)14-12(15)8-13-7-11-9-16-5-6-17-11/h10-11,13H,3-9H2,1-2H3,(H,14,15). The highest BCUT2D eigenvalue weighted by Crippen LogP contribution is 2.23. The van der Waals surface area contributed by atoms with Crippen molar-refractivity contribution in [3.63, 3.8) is 0 Å². The predicted molar refractivity (Wildman–Crippen MR) is 79.0 cm³/mol. The van der Waals surface area contributed by atoms with Crippen LogP contribution >= 0.6 is 23.5 Å². The van der Waals surface area contributed by atoms with E-state index in [2.05, 4.69) is 24.5 Å². The van der Waals surface area contributed by atoms with E-state index < -0.39 is 0 Å². The smallest absolute Gasteiger partial charge is 0.234 e. The molecule has 2 N–H and O–H groups in total. The van der Waals surface area contributed by atoms with Gasteiger partial charge in [-0.25, -0.2) is 0 Å². The highest BCUT2D eigenvalue weighted by Gasteiger charge is 2.14. The van der Waals surface area contributed by atoms with E-state index in [0.717, 1.165) is 19.4 Å². The van der Waals surface area contributed by atoms with E-state index in [0.29, 0.717) is 17.8 Å². The molecule has 1 aliphatic heterocycles. The van der Waals surface area contributed by atoms with Crippen molar-refractivity contribution in [3.8, 4) is 0 Å². The fourth-order valence-electron chi connectivity index (χ4n) is 1.83. The van der Waals surface area contributed by atoms with Gasteiger partial charge in [0.2, 0.25) is 5.91 Å².